The molecule has 1 fully saturated rings. The fourth-order valence-corrected chi connectivity index (χ4v) is 3.52. The van der Waals surface area contributed by atoms with Crippen LogP contribution in [-0.2, 0) is 11.3 Å². The molecule has 5 heteroatoms. The Hall–Kier alpha value is -2.53. The van der Waals surface area contributed by atoms with Crippen molar-refractivity contribution in [1.29, 1.82) is 0 Å². The Morgan fingerprint density at radius 2 is 1.96 bits per heavy atom. The highest BCUT2D eigenvalue weighted by atomic mass is 16.7. The molecule has 0 radical (unpaired) electrons. The van der Waals surface area contributed by atoms with Crippen molar-refractivity contribution in [2.24, 2.45) is 5.92 Å². The first kappa shape index (κ1) is 16.9. The first-order chi connectivity index (χ1) is 12.8. The van der Waals surface area contributed by atoms with Crippen LogP contribution in [0.3, 0.4) is 0 Å². The summed E-state index contributed by atoms with van der Waals surface area (Å²) < 4.78 is 16.6. The van der Waals surface area contributed by atoms with Gasteiger partial charge in [-0.05, 0) is 42.5 Å². The van der Waals surface area contributed by atoms with E-state index in [0.717, 1.165) is 25.9 Å². The summed E-state index contributed by atoms with van der Waals surface area (Å²) in [6.07, 6.45) is 2.11. The van der Waals surface area contributed by atoms with Gasteiger partial charge in [0.2, 0.25) is 6.79 Å². The van der Waals surface area contributed by atoms with E-state index in [-0.39, 0.29) is 12.7 Å². The van der Waals surface area contributed by atoms with Crippen molar-refractivity contribution in [2.45, 2.75) is 19.4 Å². The van der Waals surface area contributed by atoms with Crippen LogP contribution in [0.4, 0.5) is 0 Å². The van der Waals surface area contributed by atoms with Gasteiger partial charge in [-0.1, -0.05) is 30.3 Å². The monoisotopic (exact) mass is 353 g/mol. The van der Waals surface area contributed by atoms with Crippen LogP contribution in [-0.4, -0.2) is 37.3 Å². The Morgan fingerprint density at radius 1 is 1.12 bits per heavy atom. The minimum absolute atomic E-state index is 0.0519. The van der Waals surface area contributed by atoms with E-state index in [1.807, 2.05) is 29.2 Å². The number of rotatable bonds is 5. The standard InChI is InChI=1S/C21H23NO4/c23-21(18-8-9-19-20(11-18)26-15-25-19)22-10-4-7-17(12-22)14-24-13-16-5-2-1-3-6-16/h1-3,5-6,8-9,11,17H,4,7,10,12-15H2. The van der Waals surface area contributed by atoms with Gasteiger partial charge in [-0.2, -0.15) is 0 Å². The lowest BCUT2D eigenvalue weighted by molar-refractivity contribution is 0.0425. The molecule has 2 aromatic carbocycles. The van der Waals surface area contributed by atoms with Crippen LogP contribution in [0.2, 0.25) is 0 Å². The zero-order valence-corrected chi connectivity index (χ0v) is 14.7. The van der Waals surface area contributed by atoms with E-state index in [0.29, 0.717) is 36.2 Å². The second kappa shape index (κ2) is 7.79. The molecule has 0 saturated carbocycles. The first-order valence-corrected chi connectivity index (χ1v) is 9.10. The molecule has 2 aliphatic rings. The van der Waals surface area contributed by atoms with Crippen LogP contribution in [0.15, 0.2) is 48.5 Å². The molecule has 1 saturated heterocycles. The van der Waals surface area contributed by atoms with Gasteiger partial charge >= 0.3 is 0 Å². The van der Waals surface area contributed by atoms with Gasteiger partial charge in [0, 0.05) is 18.7 Å². The molecular formula is C21H23NO4. The highest BCUT2D eigenvalue weighted by Gasteiger charge is 2.26. The van der Waals surface area contributed by atoms with Crippen molar-refractivity contribution in [2.75, 3.05) is 26.5 Å². The number of piperidine rings is 1. The fraction of sp³-hybridized carbons (Fsp3) is 0.381. The number of ether oxygens (including phenoxy) is 3. The minimum atomic E-state index is 0.0519. The van der Waals surface area contributed by atoms with Crippen molar-refractivity contribution < 1.29 is 19.0 Å². The number of hydrogen-bond donors (Lipinski definition) is 0. The van der Waals surface area contributed by atoms with Gasteiger partial charge in [-0.15, -0.1) is 0 Å². The van der Waals surface area contributed by atoms with Gasteiger partial charge in [0.25, 0.3) is 5.91 Å². The third-order valence-electron chi connectivity index (χ3n) is 4.89. The normalized spacial score (nSPS) is 18.8. The molecule has 0 aliphatic carbocycles. The Balaban J connectivity index is 1.32. The Bertz CT molecular complexity index is 762. The lowest BCUT2D eigenvalue weighted by Crippen LogP contribution is -2.41. The summed E-state index contributed by atoms with van der Waals surface area (Å²) in [5, 5.41) is 0. The van der Waals surface area contributed by atoms with Gasteiger partial charge < -0.3 is 19.1 Å². The molecular weight excluding hydrogens is 330 g/mol. The van der Waals surface area contributed by atoms with Crippen LogP contribution >= 0.6 is 0 Å². The van der Waals surface area contributed by atoms with E-state index in [2.05, 4.69) is 12.1 Å². The lowest BCUT2D eigenvalue weighted by atomic mass is 9.98. The Morgan fingerprint density at radius 3 is 2.85 bits per heavy atom. The number of nitrogens with zero attached hydrogens (tertiary/aromatic N) is 1. The topological polar surface area (TPSA) is 48.0 Å². The van der Waals surface area contributed by atoms with Gasteiger partial charge in [-0.25, -0.2) is 0 Å². The van der Waals surface area contributed by atoms with Gasteiger partial charge in [0.05, 0.1) is 13.2 Å². The number of benzene rings is 2. The van der Waals surface area contributed by atoms with Crippen molar-refractivity contribution in [3.8, 4) is 11.5 Å². The third kappa shape index (κ3) is 3.83. The maximum absolute atomic E-state index is 12.8. The molecule has 0 bridgehead atoms. The second-order valence-electron chi connectivity index (χ2n) is 6.83. The molecule has 1 atom stereocenters. The average Bonchev–Trinajstić information content (AvgIpc) is 3.16. The second-order valence-corrected chi connectivity index (χ2v) is 6.83. The van der Waals surface area contributed by atoms with Crippen molar-refractivity contribution >= 4 is 5.91 Å². The van der Waals surface area contributed by atoms with Gasteiger partial charge in [0.15, 0.2) is 11.5 Å². The lowest BCUT2D eigenvalue weighted by Gasteiger charge is -2.32. The molecule has 1 unspecified atom stereocenters. The van der Waals surface area contributed by atoms with E-state index < -0.39 is 0 Å². The number of likely N-dealkylation sites (tertiary alicyclic amines) is 1. The van der Waals surface area contributed by atoms with E-state index in [4.69, 9.17) is 14.2 Å². The number of amides is 1. The number of carbonyl (C=O) groups is 1. The van der Waals surface area contributed by atoms with Crippen LogP contribution in [0.1, 0.15) is 28.8 Å². The smallest absolute Gasteiger partial charge is 0.254 e. The van der Waals surface area contributed by atoms with Crippen LogP contribution in [0, 0.1) is 5.92 Å². The van der Waals surface area contributed by atoms with E-state index in [1.54, 1.807) is 12.1 Å². The fourth-order valence-electron chi connectivity index (χ4n) is 3.52. The van der Waals surface area contributed by atoms with E-state index in [9.17, 15) is 4.79 Å². The number of hydrogen-bond acceptors (Lipinski definition) is 4. The molecule has 2 aliphatic heterocycles. The molecule has 2 aromatic rings. The summed E-state index contributed by atoms with van der Waals surface area (Å²) in [4.78, 5) is 14.8. The predicted molar refractivity (Wildman–Crippen MR) is 97.3 cm³/mol. The summed E-state index contributed by atoms with van der Waals surface area (Å²) in [5.41, 5.74) is 1.83. The molecule has 136 valence electrons. The van der Waals surface area contributed by atoms with Crippen molar-refractivity contribution in [3.05, 3.63) is 59.7 Å². The predicted octanol–water partition coefficient (Wildman–Crippen LogP) is 3.48. The first-order valence-electron chi connectivity index (χ1n) is 9.10. The summed E-state index contributed by atoms with van der Waals surface area (Å²) in [5.74, 6) is 1.78. The highest BCUT2D eigenvalue weighted by Crippen LogP contribution is 2.33. The van der Waals surface area contributed by atoms with Crippen LogP contribution in [0.5, 0.6) is 11.5 Å². The molecule has 0 spiro atoms. The molecule has 2 heterocycles. The number of fused-ring (bicyclic) bond motifs is 1. The zero-order chi connectivity index (χ0) is 17.8. The quantitative estimate of drug-likeness (QED) is 0.826. The van der Waals surface area contributed by atoms with E-state index >= 15 is 0 Å². The van der Waals surface area contributed by atoms with E-state index in [1.165, 1.54) is 5.56 Å². The summed E-state index contributed by atoms with van der Waals surface area (Å²) in [6, 6.07) is 15.6. The summed E-state index contributed by atoms with van der Waals surface area (Å²) >= 11 is 0. The Kier molecular flexibility index (Phi) is 5.07. The maximum Gasteiger partial charge on any atom is 0.254 e. The van der Waals surface area contributed by atoms with Gasteiger partial charge in [0.1, 0.15) is 0 Å². The van der Waals surface area contributed by atoms with Crippen molar-refractivity contribution in [3.63, 3.8) is 0 Å². The molecule has 4 rings (SSSR count). The largest absolute Gasteiger partial charge is 0.454 e. The maximum atomic E-state index is 12.8. The molecule has 0 aromatic heterocycles. The molecule has 26 heavy (non-hydrogen) atoms. The van der Waals surface area contributed by atoms with Crippen LogP contribution in [0.25, 0.3) is 0 Å². The average molecular weight is 353 g/mol. The van der Waals surface area contributed by atoms with Gasteiger partial charge in [-0.3, -0.25) is 4.79 Å². The highest BCUT2D eigenvalue weighted by molar-refractivity contribution is 5.95. The minimum Gasteiger partial charge on any atom is -0.454 e. The number of carbonyl (C=O) groups excluding carboxylic acids is 1. The third-order valence-corrected chi connectivity index (χ3v) is 4.89. The van der Waals surface area contributed by atoms with Crippen molar-refractivity contribution in [1.82, 2.24) is 4.90 Å². The molecule has 0 N–H and O–H groups in total. The van der Waals surface area contributed by atoms with Crippen LogP contribution < -0.4 is 9.47 Å². The summed E-state index contributed by atoms with van der Waals surface area (Å²) in [6.45, 7) is 3.05. The molecule has 1 amide bonds. The zero-order valence-electron chi connectivity index (χ0n) is 14.7. The summed E-state index contributed by atoms with van der Waals surface area (Å²) in [7, 11) is 0. The molecule has 5 nitrogen and oxygen atoms in total. The SMILES string of the molecule is O=C(c1ccc2c(c1)OCO2)N1CCCC(COCc2ccccc2)C1. The Labute approximate surface area is 153 Å².